The van der Waals surface area contributed by atoms with Crippen LogP contribution in [0.3, 0.4) is 0 Å². The maximum absolute atomic E-state index is 12.5. The summed E-state index contributed by atoms with van der Waals surface area (Å²) in [5.74, 6) is 0.679. The Labute approximate surface area is 119 Å². The Balaban J connectivity index is 2.09. The largest absolute Gasteiger partial charge is 0.398 e. The van der Waals surface area contributed by atoms with Gasteiger partial charge in [0, 0.05) is 24.2 Å². The van der Waals surface area contributed by atoms with Gasteiger partial charge in [0.15, 0.2) is 0 Å². The van der Waals surface area contributed by atoms with Crippen LogP contribution < -0.4 is 5.73 Å². The molecule has 1 unspecified atom stereocenters. The number of sulfonamides is 1. The molecule has 0 aromatic carbocycles. The zero-order valence-corrected chi connectivity index (χ0v) is 13.0. The lowest BCUT2D eigenvalue weighted by Gasteiger charge is -2.19. The summed E-state index contributed by atoms with van der Waals surface area (Å²) >= 11 is 1.21. The first-order valence-electron chi connectivity index (χ1n) is 6.88. The predicted molar refractivity (Wildman–Crippen MR) is 79.7 cm³/mol. The average Bonchev–Trinajstić information content (AvgIpc) is 2.66. The van der Waals surface area contributed by atoms with Crippen molar-refractivity contribution in [1.82, 2.24) is 4.31 Å². The number of nitrogens with two attached hydrogens (primary N) is 1. The molecule has 0 saturated carbocycles. The molecule has 19 heavy (non-hydrogen) atoms. The molecule has 1 saturated heterocycles. The second-order valence-electron chi connectivity index (χ2n) is 5.19. The van der Waals surface area contributed by atoms with Crippen LogP contribution in [0.4, 0.5) is 5.69 Å². The van der Waals surface area contributed by atoms with Crippen molar-refractivity contribution in [3.8, 4) is 0 Å². The molecule has 2 rings (SSSR count). The van der Waals surface area contributed by atoms with Gasteiger partial charge >= 0.3 is 0 Å². The zero-order valence-electron chi connectivity index (χ0n) is 11.3. The minimum absolute atomic E-state index is 0.374. The minimum Gasteiger partial charge on any atom is -0.398 e. The van der Waals surface area contributed by atoms with E-state index in [9.17, 15) is 8.42 Å². The molecule has 6 heteroatoms. The number of nitrogen functional groups attached to an aromatic ring is 1. The molecule has 108 valence electrons. The number of hydrogen-bond acceptors (Lipinski definition) is 4. The predicted octanol–water partition coefficient (Wildman–Crippen LogP) is 2.92. The molecule has 0 amide bonds. The van der Waals surface area contributed by atoms with Crippen LogP contribution in [0, 0.1) is 5.92 Å². The van der Waals surface area contributed by atoms with E-state index in [-0.39, 0.29) is 0 Å². The summed E-state index contributed by atoms with van der Waals surface area (Å²) in [5.41, 5.74) is 6.15. The van der Waals surface area contributed by atoms with Crippen molar-refractivity contribution < 1.29 is 8.42 Å². The SMILES string of the molecule is CCCC1CCCN(S(=O)(=O)c2cc(N)cs2)CC1. The summed E-state index contributed by atoms with van der Waals surface area (Å²) in [6.07, 6.45) is 5.48. The van der Waals surface area contributed by atoms with E-state index in [1.54, 1.807) is 15.8 Å². The standard InChI is InChI=1S/C13H22N2O2S2/c1-2-4-11-5-3-7-15(8-6-11)19(16,17)13-9-12(14)10-18-13/h9-11H,2-8,14H2,1H3. The van der Waals surface area contributed by atoms with Gasteiger partial charge in [-0.3, -0.25) is 0 Å². The zero-order chi connectivity index (χ0) is 13.9. The number of rotatable bonds is 4. The van der Waals surface area contributed by atoms with Crippen molar-refractivity contribution in [1.29, 1.82) is 0 Å². The lowest BCUT2D eigenvalue weighted by Crippen LogP contribution is -2.31. The highest BCUT2D eigenvalue weighted by molar-refractivity contribution is 7.91. The highest BCUT2D eigenvalue weighted by Crippen LogP contribution is 2.29. The van der Waals surface area contributed by atoms with Crippen molar-refractivity contribution in [3.63, 3.8) is 0 Å². The number of nitrogens with zero attached hydrogens (tertiary/aromatic N) is 1. The van der Waals surface area contributed by atoms with E-state index in [2.05, 4.69) is 6.92 Å². The molecule has 1 aliphatic rings. The number of thiophene rings is 1. The van der Waals surface area contributed by atoms with E-state index >= 15 is 0 Å². The fraction of sp³-hybridized carbons (Fsp3) is 0.692. The summed E-state index contributed by atoms with van der Waals surface area (Å²) in [6.45, 7) is 3.47. The Morgan fingerprint density at radius 3 is 2.84 bits per heavy atom. The third-order valence-corrected chi connectivity index (χ3v) is 7.03. The molecule has 2 heterocycles. The van der Waals surface area contributed by atoms with Crippen LogP contribution in [-0.2, 0) is 10.0 Å². The second kappa shape index (κ2) is 6.24. The van der Waals surface area contributed by atoms with Gasteiger partial charge < -0.3 is 5.73 Å². The van der Waals surface area contributed by atoms with Gasteiger partial charge in [-0.1, -0.05) is 19.8 Å². The summed E-state index contributed by atoms with van der Waals surface area (Å²) in [5, 5.41) is 1.69. The van der Waals surface area contributed by atoms with Crippen LogP contribution in [0.2, 0.25) is 0 Å². The van der Waals surface area contributed by atoms with E-state index in [4.69, 9.17) is 5.73 Å². The molecular weight excluding hydrogens is 280 g/mol. The molecule has 1 atom stereocenters. The average molecular weight is 302 g/mol. The third kappa shape index (κ3) is 3.49. The molecule has 0 spiro atoms. The van der Waals surface area contributed by atoms with E-state index < -0.39 is 10.0 Å². The number of hydrogen-bond donors (Lipinski definition) is 1. The summed E-state index contributed by atoms with van der Waals surface area (Å²) in [4.78, 5) is 0. The molecular formula is C13H22N2O2S2. The van der Waals surface area contributed by atoms with Crippen LogP contribution in [0.15, 0.2) is 15.7 Å². The first-order chi connectivity index (χ1) is 9.04. The number of anilines is 1. The molecule has 1 aromatic rings. The van der Waals surface area contributed by atoms with Crippen molar-refractivity contribution in [2.45, 2.75) is 43.2 Å². The normalized spacial score (nSPS) is 22.3. The molecule has 1 aromatic heterocycles. The Morgan fingerprint density at radius 1 is 1.42 bits per heavy atom. The van der Waals surface area contributed by atoms with Crippen LogP contribution in [-0.4, -0.2) is 25.8 Å². The van der Waals surface area contributed by atoms with Gasteiger partial charge in [-0.15, -0.1) is 11.3 Å². The van der Waals surface area contributed by atoms with E-state index in [0.717, 1.165) is 19.3 Å². The molecule has 0 aliphatic carbocycles. The van der Waals surface area contributed by atoms with Crippen LogP contribution in [0.1, 0.15) is 39.0 Å². The topological polar surface area (TPSA) is 63.4 Å². The first kappa shape index (κ1) is 14.8. The van der Waals surface area contributed by atoms with Gasteiger partial charge in [0.2, 0.25) is 0 Å². The Kier molecular flexibility index (Phi) is 4.86. The summed E-state index contributed by atoms with van der Waals surface area (Å²) in [7, 11) is -3.33. The fourth-order valence-electron chi connectivity index (χ4n) is 2.67. The highest BCUT2D eigenvalue weighted by atomic mass is 32.2. The smallest absolute Gasteiger partial charge is 0.252 e. The maximum atomic E-state index is 12.5. The molecule has 4 nitrogen and oxygen atoms in total. The Hall–Kier alpha value is -0.590. The van der Waals surface area contributed by atoms with Gasteiger partial charge in [0.25, 0.3) is 10.0 Å². The molecule has 0 bridgehead atoms. The minimum atomic E-state index is -3.33. The van der Waals surface area contributed by atoms with E-state index in [0.29, 0.717) is 28.9 Å². The second-order valence-corrected chi connectivity index (χ2v) is 8.26. The van der Waals surface area contributed by atoms with Gasteiger partial charge in [0.1, 0.15) is 4.21 Å². The fourth-order valence-corrected chi connectivity index (χ4v) is 5.40. The van der Waals surface area contributed by atoms with Gasteiger partial charge in [-0.2, -0.15) is 4.31 Å². The van der Waals surface area contributed by atoms with Crippen LogP contribution in [0.5, 0.6) is 0 Å². The molecule has 2 N–H and O–H groups in total. The maximum Gasteiger partial charge on any atom is 0.252 e. The Bertz CT molecular complexity index is 510. The lowest BCUT2D eigenvalue weighted by molar-refractivity contribution is 0.400. The Morgan fingerprint density at radius 2 is 2.21 bits per heavy atom. The van der Waals surface area contributed by atoms with Gasteiger partial charge in [0.05, 0.1) is 0 Å². The quantitative estimate of drug-likeness (QED) is 0.930. The van der Waals surface area contributed by atoms with E-state index in [1.165, 1.54) is 24.2 Å². The molecule has 0 radical (unpaired) electrons. The van der Waals surface area contributed by atoms with Crippen molar-refractivity contribution in [3.05, 3.63) is 11.4 Å². The lowest BCUT2D eigenvalue weighted by atomic mass is 9.96. The van der Waals surface area contributed by atoms with Crippen LogP contribution >= 0.6 is 11.3 Å². The third-order valence-electron chi connectivity index (χ3n) is 3.69. The first-order valence-corrected chi connectivity index (χ1v) is 9.20. The van der Waals surface area contributed by atoms with Crippen molar-refractivity contribution in [2.75, 3.05) is 18.8 Å². The molecule has 1 fully saturated rings. The summed E-state index contributed by atoms with van der Waals surface area (Å²) < 4.78 is 27.0. The van der Waals surface area contributed by atoms with Gasteiger partial charge in [-0.05, 0) is 31.2 Å². The molecule has 1 aliphatic heterocycles. The van der Waals surface area contributed by atoms with E-state index in [1.807, 2.05) is 0 Å². The summed E-state index contributed by atoms with van der Waals surface area (Å²) in [6, 6.07) is 1.56. The van der Waals surface area contributed by atoms with Crippen molar-refractivity contribution in [2.24, 2.45) is 5.92 Å². The monoisotopic (exact) mass is 302 g/mol. The van der Waals surface area contributed by atoms with Gasteiger partial charge in [-0.25, -0.2) is 8.42 Å². The van der Waals surface area contributed by atoms with Crippen molar-refractivity contribution >= 4 is 27.0 Å². The highest BCUT2D eigenvalue weighted by Gasteiger charge is 2.28. The van der Waals surface area contributed by atoms with Crippen LogP contribution in [0.25, 0.3) is 0 Å².